The van der Waals surface area contributed by atoms with Gasteiger partial charge < -0.3 is 30.0 Å². The van der Waals surface area contributed by atoms with Crippen LogP contribution in [0.1, 0.15) is 47.0 Å². The summed E-state index contributed by atoms with van der Waals surface area (Å²) < 4.78 is 5.89. The zero-order valence-electron chi connectivity index (χ0n) is 20.5. The maximum Gasteiger partial charge on any atom is 0.330 e. The van der Waals surface area contributed by atoms with Gasteiger partial charge in [0.15, 0.2) is 0 Å². The van der Waals surface area contributed by atoms with Gasteiger partial charge in [0.1, 0.15) is 24.6 Å². The molecule has 0 radical (unpaired) electrons. The van der Waals surface area contributed by atoms with Gasteiger partial charge in [0.05, 0.1) is 12.6 Å². The first kappa shape index (κ1) is 29.3. The van der Waals surface area contributed by atoms with E-state index in [1.54, 1.807) is 6.92 Å². The molecular weight excluding hydrogens is 456 g/mol. The second-order valence-electron chi connectivity index (χ2n) is 8.27. The molecule has 192 valence electrons. The molecule has 0 fully saturated rings. The van der Waals surface area contributed by atoms with Gasteiger partial charge in [-0.2, -0.15) is 0 Å². The van der Waals surface area contributed by atoms with Crippen LogP contribution < -0.4 is 21.5 Å². The van der Waals surface area contributed by atoms with Crippen LogP contribution in [-0.2, 0) is 35.3 Å². The number of esters is 1. The van der Waals surface area contributed by atoms with Crippen LogP contribution in [0.15, 0.2) is 35.3 Å². The fourth-order valence-electron chi connectivity index (χ4n) is 3.19. The number of ether oxygens (including phenoxy) is 1. The predicted octanol–water partition coefficient (Wildman–Crippen LogP) is 0.921. The molecule has 1 heterocycles. The van der Waals surface area contributed by atoms with Crippen molar-refractivity contribution in [1.82, 2.24) is 15.2 Å². The molecule has 1 rings (SSSR count). The molecule has 3 amide bonds. The lowest BCUT2D eigenvalue weighted by atomic mass is 10.1. The number of aldehydes is 1. The van der Waals surface area contributed by atoms with Gasteiger partial charge in [0, 0.05) is 19.2 Å². The third kappa shape index (κ3) is 11.3. The Kier molecular flexibility index (Phi) is 12.7. The molecule has 0 aliphatic heterocycles. The summed E-state index contributed by atoms with van der Waals surface area (Å²) in [5.41, 5.74) is -0.692. The molecule has 0 aliphatic carbocycles. The van der Waals surface area contributed by atoms with Crippen molar-refractivity contribution in [3.05, 3.63) is 40.8 Å². The first-order valence-corrected chi connectivity index (χ1v) is 11.4. The molecule has 2 atom stereocenters. The zero-order valence-corrected chi connectivity index (χ0v) is 20.5. The summed E-state index contributed by atoms with van der Waals surface area (Å²) in [7, 11) is 0. The van der Waals surface area contributed by atoms with Gasteiger partial charge >= 0.3 is 5.97 Å². The molecule has 1 aromatic rings. The Bertz CT molecular complexity index is 984. The van der Waals surface area contributed by atoms with Crippen molar-refractivity contribution in [3.63, 3.8) is 0 Å². The quantitative estimate of drug-likeness (QED) is 0.199. The second-order valence-corrected chi connectivity index (χ2v) is 8.27. The predicted molar refractivity (Wildman–Crippen MR) is 129 cm³/mol. The van der Waals surface area contributed by atoms with Crippen LogP contribution in [0.2, 0.25) is 0 Å². The number of hydrogen-bond acceptors (Lipinski definition) is 7. The summed E-state index contributed by atoms with van der Waals surface area (Å²) in [6.45, 7) is 6.69. The smallest absolute Gasteiger partial charge is 0.330 e. The van der Waals surface area contributed by atoms with Gasteiger partial charge in [0.2, 0.25) is 17.7 Å². The minimum Gasteiger partial charge on any atom is -0.463 e. The van der Waals surface area contributed by atoms with Gasteiger partial charge in [-0.1, -0.05) is 19.9 Å². The molecule has 0 saturated carbocycles. The number of carbonyl (C=O) groups excluding carboxylic acids is 5. The number of rotatable bonds is 14. The molecule has 1 aromatic heterocycles. The fraction of sp³-hybridized carbons (Fsp3) is 0.500. The lowest BCUT2D eigenvalue weighted by Gasteiger charge is -2.18. The summed E-state index contributed by atoms with van der Waals surface area (Å²) in [6, 6.07) is 1.26. The van der Waals surface area contributed by atoms with Crippen molar-refractivity contribution in [1.29, 1.82) is 0 Å². The first-order chi connectivity index (χ1) is 16.6. The van der Waals surface area contributed by atoms with Gasteiger partial charge in [-0.3, -0.25) is 19.2 Å². The maximum atomic E-state index is 12.8. The number of hydrogen-bond donors (Lipinski definition) is 3. The van der Waals surface area contributed by atoms with E-state index in [1.807, 2.05) is 13.8 Å². The maximum absolute atomic E-state index is 12.8. The molecular formula is C24H34N4O7. The molecule has 0 spiro atoms. The highest BCUT2D eigenvalue weighted by atomic mass is 16.5. The Morgan fingerprint density at radius 3 is 2.49 bits per heavy atom. The Morgan fingerprint density at radius 2 is 1.89 bits per heavy atom. The van der Waals surface area contributed by atoms with Crippen molar-refractivity contribution in [2.24, 2.45) is 5.92 Å². The fourth-order valence-corrected chi connectivity index (χ4v) is 3.19. The summed E-state index contributed by atoms with van der Waals surface area (Å²) in [5.74, 6) is -1.89. The van der Waals surface area contributed by atoms with Crippen LogP contribution in [0, 0.1) is 5.92 Å². The molecule has 0 bridgehead atoms. The van der Waals surface area contributed by atoms with Crippen LogP contribution in [0.3, 0.4) is 0 Å². The molecule has 11 heteroatoms. The molecule has 0 unspecified atom stereocenters. The molecule has 3 N–H and O–H groups in total. The number of carbonyl (C=O) groups is 5. The van der Waals surface area contributed by atoms with E-state index in [0.717, 1.165) is 4.57 Å². The lowest BCUT2D eigenvalue weighted by Crippen LogP contribution is -2.44. The van der Waals surface area contributed by atoms with Crippen LogP contribution in [0.4, 0.5) is 5.69 Å². The summed E-state index contributed by atoms with van der Waals surface area (Å²) in [6.07, 6.45) is 5.75. The van der Waals surface area contributed by atoms with Crippen molar-refractivity contribution in [3.8, 4) is 0 Å². The Morgan fingerprint density at radius 1 is 1.17 bits per heavy atom. The standard InChI is InChI=1S/C24H34N4O7/c1-5-35-22(32)11-7-6-9-19(25-17(4)30)23(33)27-20-10-8-12-28(24(20)34)14-21(31)26-18(15-29)13-16(2)3/h7-8,10-12,15-16,18-19H,5-6,9,13-14H2,1-4H3,(H,25,30)(H,26,31)(H,27,33)/b11-7+/t18-,19-/m0/s1. The minimum absolute atomic E-state index is 0.0724. The summed E-state index contributed by atoms with van der Waals surface area (Å²) >= 11 is 0. The average molecular weight is 491 g/mol. The third-order valence-electron chi connectivity index (χ3n) is 4.68. The highest BCUT2D eigenvalue weighted by Gasteiger charge is 2.21. The zero-order chi connectivity index (χ0) is 26.4. The first-order valence-electron chi connectivity index (χ1n) is 11.4. The average Bonchev–Trinajstić information content (AvgIpc) is 2.77. The van der Waals surface area contributed by atoms with Crippen molar-refractivity contribution in [2.45, 2.75) is 65.6 Å². The number of pyridine rings is 1. The number of nitrogens with one attached hydrogen (secondary N) is 3. The summed E-state index contributed by atoms with van der Waals surface area (Å²) in [5, 5.41) is 7.58. The van der Waals surface area contributed by atoms with E-state index in [1.165, 1.54) is 37.4 Å². The number of amides is 3. The largest absolute Gasteiger partial charge is 0.463 e. The van der Waals surface area contributed by atoms with Crippen molar-refractivity contribution < 1.29 is 28.7 Å². The van der Waals surface area contributed by atoms with Gasteiger partial charge in [-0.15, -0.1) is 0 Å². The summed E-state index contributed by atoms with van der Waals surface area (Å²) in [4.78, 5) is 71.9. The topological polar surface area (TPSA) is 153 Å². The molecule has 35 heavy (non-hydrogen) atoms. The van der Waals surface area contributed by atoms with E-state index in [2.05, 4.69) is 16.0 Å². The Hall–Kier alpha value is -3.76. The van der Waals surface area contributed by atoms with Crippen LogP contribution in [0.5, 0.6) is 0 Å². The molecule has 0 saturated heterocycles. The van der Waals surface area contributed by atoms with Gasteiger partial charge in [-0.05, 0) is 44.2 Å². The normalized spacial score (nSPS) is 12.6. The van der Waals surface area contributed by atoms with Crippen LogP contribution >= 0.6 is 0 Å². The van der Waals surface area contributed by atoms with E-state index in [-0.39, 0.29) is 31.2 Å². The van der Waals surface area contributed by atoms with Crippen molar-refractivity contribution in [2.75, 3.05) is 11.9 Å². The van der Waals surface area contributed by atoms with E-state index >= 15 is 0 Å². The van der Waals surface area contributed by atoms with E-state index in [9.17, 15) is 28.8 Å². The van der Waals surface area contributed by atoms with E-state index in [0.29, 0.717) is 19.1 Å². The monoisotopic (exact) mass is 490 g/mol. The van der Waals surface area contributed by atoms with Gasteiger partial charge in [0.25, 0.3) is 5.56 Å². The number of aromatic nitrogens is 1. The lowest BCUT2D eigenvalue weighted by molar-refractivity contribution is -0.137. The minimum atomic E-state index is -0.958. The van der Waals surface area contributed by atoms with Gasteiger partial charge in [-0.25, -0.2) is 4.79 Å². The number of nitrogens with zero attached hydrogens (tertiary/aromatic N) is 1. The SMILES string of the molecule is CCOC(=O)/C=C/CC[C@H](NC(C)=O)C(=O)Nc1cccn(CC(=O)N[C@H](C=O)CC(C)C)c1=O. The Balaban J connectivity index is 2.86. The highest BCUT2D eigenvalue weighted by Crippen LogP contribution is 2.06. The van der Waals surface area contributed by atoms with Crippen molar-refractivity contribution >= 4 is 35.7 Å². The molecule has 0 aliphatic rings. The molecule has 11 nitrogen and oxygen atoms in total. The second kappa shape index (κ2) is 15.2. The third-order valence-corrected chi connectivity index (χ3v) is 4.68. The number of anilines is 1. The number of allylic oxidation sites excluding steroid dienone is 1. The molecule has 0 aromatic carbocycles. The van der Waals surface area contributed by atoms with Crippen LogP contribution in [-0.4, -0.2) is 53.2 Å². The van der Waals surface area contributed by atoms with E-state index < -0.39 is 41.3 Å². The van der Waals surface area contributed by atoms with Crippen LogP contribution in [0.25, 0.3) is 0 Å². The van der Waals surface area contributed by atoms with E-state index in [4.69, 9.17) is 4.74 Å². The Labute approximate surface area is 204 Å². The highest BCUT2D eigenvalue weighted by molar-refractivity contribution is 5.96.